The van der Waals surface area contributed by atoms with Crippen molar-refractivity contribution in [1.29, 1.82) is 0 Å². The fraction of sp³-hybridized carbons (Fsp3) is 0.0508. The maximum absolute atomic E-state index is 12.7. The van der Waals surface area contributed by atoms with Crippen LogP contribution in [-0.2, 0) is 58.1 Å². The van der Waals surface area contributed by atoms with E-state index in [2.05, 4.69) is 4.18 Å². The molecule has 2 aliphatic carbocycles. The first-order chi connectivity index (χ1) is 38.4. The number of aliphatic hydroxyl groups excluding tert-OH is 1. The number of phenols is 7. The van der Waals surface area contributed by atoms with Crippen LogP contribution in [0.25, 0.3) is 11.1 Å². The highest BCUT2D eigenvalue weighted by Gasteiger charge is 2.51. The molecule has 7 aromatic rings. The number of carbonyl (C=O) groups excluding carboxylic acids is 2. The molecule has 0 atom stereocenters. The topological polar surface area (TPSA) is 326 Å². The summed E-state index contributed by atoms with van der Waals surface area (Å²) >= 11 is 0. The van der Waals surface area contributed by atoms with E-state index in [1.54, 1.807) is 66.7 Å². The zero-order valence-corrected chi connectivity index (χ0v) is 44.7. The summed E-state index contributed by atoms with van der Waals surface area (Å²) in [7, 11) is -10.0. The van der Waals surface area contributed by atoms with E-state index in [0.717, 1.165) is 20.3 Å². The molecule has 10 rings (SSSR count). The second-order valence-electron chi connectivity index (χ2n) is 17.6. The first-order valence-corrected chi connectivity index (χ1v) is 27.9. The number of hydrogen-bond donors (Lipinski definition) is 8. The van der Waals surface area contributed by atoms with E-state index in [4.69, 9.17) is 8.37 Å². The number of aromatic hydroxyl groups is 7. The second kappa shape index (κ2) is 23.0. The molecule has 1 heterocycles. The molecule has 0 saturated heterocycles. The van der Waals surface area contributed by atoms with Gasteiger partial charge in [-0.15, -0.1) is 0 Å². The third-order valence-corrected chi connectivity index (χ3v) is 16.7. The fourth-order valence-electron chi connectivity index (χ4n) is 8.81. The number of carbonyl (C=O) groups is 2. The molecule has 0 radical (unpaired) electrons. The molecule has 22 heteroatoms. The molecule has 19 nitrogen and oxygen atoms in total. The lowest BCUT2D eigenvalue weighted by Crippen LogP contribution is -2.29. The van der Waals surface area contributed by atoms with Crippen molar-refractivity contribution in [3.63, 3.8) is 0 Å². The minimum absolute atomic E-state index is 0.0248. The Kier molecular flexibility index (Phi) is 16.4. The van der Waals surface area contributed by atoms with Gasteiger partial charge in [0, 0.05) is 16.7 Å². The Bertz CT molecular complexity index is 4160. The smallest absolute Gasteiger partial charge is 0.298 e. The standard InChI is InChI=1S/C20H16O7S.C20H16O5S.C19H14O7S/c1-27-28(25,26)19-5-3-2-4-14(19)20(12-6-8-15(21)17(23)10-12)13-7-9-16(22)18(24)11-13;1-25-26(23,24)19-5-3-2-4-18(19)20(14-6-10-16(21)11-7-14)15-8-12-17(22)13-9-15;20-14-7-5-11(9-16(14)22)19(12-6-8-15(21)17(23)10-12)13-3-1-2-4-18(13)27(24,25)26-19/h2-11,21,23-24H,1H3;2-13,21H,1H3;1-10,20-23H/b20-13+;;. The molecule has 414 valence electrons. The van der Waals surface area contributed by atoms with Crippen LogP contribution in [0.15, 0.2) is 226 Å². The maximum Gasteiger partial charge on any atom is 0.298 e. The Labute approximate surface area is 463 Å². The van der Waals surface area contributed by atoms with E-state index < -0.39 is 64.7 Å². The zero-order valence-electron chi connectivity index (χ0n) is 42.3. The van der Waals surface area contributed by atoms with Crippen LogP contribution in [0.3, 0.4) is 0 Å². The summed E-state index contributed by atoms with van der Waals surface area (Å²) in [6.45, 7) is 0. The van der Waals surface area contributed by atoms with Crippen molar-refractivity contribution < 1.29 is 88.2 Å². The summed E-state index contributed by atoms with van der Waals surface area (Å²) < 4.78 is 89.8. The molecule has 0 saturated carbocycles. The summed E-state index contributed by atoms with van der Waals surface area (Å²) in [4.78, 5) is 22.9. The predicted molar refractivity (Wildman–Crippen MR) is 293 cm³/mol. The lowest BCUT2D eigenvalue weighted by Gasteiger charge is -2.29. The Balaban J connectivity index is 0.000000159. The third kappa shape index (κ3) is 11.8. The van der Waals surface area contributed by atoms with Gasteiger partial charge in [0.15, 0.2) is 51.6 Å². The van der Waals surface area contributed by atoms with Gasteiger partial charge in [0.1, 0.15) is 20.4 Å². The number of hydrogen-bond acceptors (Lipinski definition) is 19. The highest BCUT2D eigenvalue weighted by atomic mass is 32.2. The quantitative estimate of drug-likeness (QED) is 0.0469. The Morgan fingerprint density at radius 3 is 1.42 bits per heavy atom. The van der Waals surface area contributed by atoms with Gasteiger partial charge < -0.3 is 40.9 Å². The first-order valence-electron chi connectivity index (χ1n) is 23.7. The Hall–Kier alpha value is -9.55. The van der Waals surface area contributed by atoms with Gasteiger partial charge in [-0.05, 0) is 136 Å². The van der Waals surface area contributed by atoms with E-state index in [1.807, 2.05) is 0 Å². The molecule has 0 spiro atoms. The van der Waals surface area contributed by atoms with E-state index in [9.17, 15) is 75.7 Å². The molecule has 0 unspecified atom stereocenters. The molecule has 7 aromatic carbocycles. The maximum atomic E-state index is 12.7. The van der Waals surface area contributed by atoms with E-state index in [-0.39, 0.29) is 65.7 Å². The molecule has 0 fully saturated rings. The van der Waals surface area contributed by atoms with Crippen molar-refractivity contribution in [2.45, 2.75) is 20.3 Å². The van der Waals surface area contributed by atoms with Gasteiger partial charge in [0.2, 0.25) is 5.78 Å². The van der Waals surface area contributed by atoms with Gasteiger partial charge in [0.05, 0.1) is 14.2 Å². The molecular weight excluding hydrogens is 1110 g/mol. The van der Waals surface area contributed by atoms with Crippen molar-refractivity contribution in [2.75, 3.05) is 14.2 Å². The van der Waals surface area contributed by atoms with Crippen LogP contribution in [0.1, 0.15) is 38.9 Å². The summed E-state index contributed by atoms with van der Waals surface area (Å²) in [5.74, 6) is -3.57. The van der Waals surface area contributed by atoms with Crippen LogP contribution < -0.4 is 0 Å². The van der Waals surface area contributed by atoms with E-state index in [0.29, 0.717) is 39.0 Å². The van der Waals surface area contributed by atoms with Crippen molar-refractivity contribution >= 4 is 53.1 Å². The Morgan fingerprint density at radius 1 is 0.481 bits per heavy atom. The summed E-state index contributed by atoms with van der Waals surface area (Å²) in [5, 5.41) is 78.1. The van der Waals surface area contributed by atoms with Gasteiger partial charge in [-0.25, -0.2) is 4.18 Å². The normalized spacial score (nSPS) is 15.6. The van der Waals surface area contributed by atoms with Crippen molar-refractivity contribution in [3.8, 4) is 40.2 Å². The van der Waals surface area contributed by atoms with Gasteiger partial charge in [0.25, 0.3) is 30.4 Å². The molecule has 1 aliphatic heterocycles. The largest absolute Gasteiger partial charge is 0.508 e. The fourth-order valence-corrected chi connectivity index (χ4v) is 12.0. The summed E-state index contributed by atoms with van der Waals surface area (Å²) in [6, 6.07) is 36.7. The van der Waals surface area contributed by atoms with Crippen molar-refractivity contribution in [3.05, 3.63) is 250 Å². The summed E-state index contributed by atoms with van der Waals surface area (Å²) in [6.07, 6.45) is 9.90. The number of phenolic OH excluding ortho intramolecular Hbond substituents is 7. The number of rotatable bonds is 10. The van der Waals surface area contributed by atoms with Gasteiger partial charge in [-0.3, -0.25) is 18.0 Å². The van der Waals surface area contributed by atoms with Gasteiger partial charge in [-0.2, -0.15) is 25.3 Å². The highest BCUT2D eigenvalue weighted by molar-refractivity contribution is 7.87. The minimum atomic E-state index is -4.14. The lowest BCUT2D eigenvalue weighted by molar-refractivity contribution is -0.113. The second-order valence-corrected chi connectivity index (χ2v) is 22.4. The number of benzene rings is 7. The number of aliphatic hydroxyl groups is 1. The summed E-state index contributed by atoms with van der Waals surface area (Å²) in [5.41, 5.74) is 2.65. The molecule has 0 aromatic heterocycles. The monoisotopic (exact) mass is 1150 g/mol. The molecule has 8 N–H and O–H groups in total. The molecule has 81 heavy (non-hydrogen) atoms. The lowest BCUT2D eigenvalue weighted by atomic mass is 9.80. The highest BCUT2D eigenvalue weighted by Crippen LogP contribution is 2.52. The van der Waals surface area contributed by atoms with Crippen molar-refractivity contribution in [1.82, 2.24) is 0 Å². The molecular formula is C59H46O19S3. The average molecular weight is 1160 g/mol. The predicted octanol–water partition coefficient (Wildman–Crippen LogP) is 8.56. The zero-order chi connectivity index (χ0) is 58.6. The van der Waals surface area contributed by atoms with Crippen LogP contribution in [0.2, 0.25) is 0 Å². The van der Waals surface area contributed by atoms with Gasteiger partial charge in [-0.1, -0.05) is 103 Å². The van der Waals surface area contributed by atoms with Crippen LogP contribution in [0, 0.1) is 0 Å². The number of allylic oxidation sites excluding steroid dienone is 9. The van der Waals surface area contributed by atoms with Crippen molar-refractivity contribution in [2.24, 2.45) is 0 Å². The molecule has 0 amide bonds. The molecule has 3 aliphatic rings. The van der Waals surface area contributed by atoms with Gasteiger partial charge >= 0.3 is 0 Å². The van der Waals surface area contributed by atoms with E-state index >= 15 is 0 Å². The minimum Gasteiger partial charge on any atom is -0.508 e. The SMILES string of the molecule is COS(=O)(=O)c1ccccc1/C(=C1\C=CC(=O)C(O)=C1)c1ccc(O)c(O)c1.COS(=O)(=O)c1ccccc1C(=C1C=CC(=O)C=C1)c1ccc(O)cc1.O=S1(=O)OC(c2ccc(O)c(O)c2)(c2ccc(O)c(O)c2)c2ccccc21. The number of ketones is 2. The van der Waals surface area contributed by atoms with Crippen LogP contribution in [0.5, 0.6) is 40.2 Å². The van der Waals surface area contributed by atoms with Crippen LogP contribution >= 0.6 is 0 Å². The number of fused-ring (bicyclic) bond motifs is 1. The van der Waals surface area contributed by atoms with Crippen LogP contribution in [0.4, 0.5) is 0 Å². The van der Waals surface area contributed by atoms with Crippen LogP contribution in [-0.4, -0.2) is 91.9 Å². The first kappa shape index (κ1) is 57.6. The van der Waals surface area contributed by atoms with E-state index in [1.165, 1.54) is 121 Å². The third-order valence-electron chi connectivity index (χ3n) is 12.6. The Morgan fingerprint density at radius 2 is 0.926 bits per heavy atom. The molecule has 0 bridgehead atoms. The average Bonchev–Trinajstić information content (AvgIpc) is 3.58.